The van der Waals surface area contributed by atoms with Crippen LogP contribution < -0.4 is 5.32 Å². The summed E-state index contributed by atoms with van der Waals surface area (Å²) in [5, 5.41) is 32.2. The Hall–Kier alpha value is -1.45. The minimum Gasteiger partial charge on any atom is -0.387 e. The summed E-state index contributed by atoms with van der Waals surface area (Å²) in [6.07, 6.45) is -2.70. The molecule has 2 aliphatic rings. The maximum Gasteiger partial charge on any atom is 0.377 e. The van der Waals surface area contributed by atoms with Crippen LogP contribution in [0.15, 0.2) is 6.07 Å². The van der Waals surface area contributed by atoms with Crippen LogP contribution in [0.25, 0.3) is 11.2 Å². The SMILES string of the molecule is CC(F)(P(=O)(O)O)S(=O)(=O)C[C@H]1O[C@@H](n2nnc3c(NC4CCCC4)cc(Cl)nc32)[C@H](O)[C@@H]1O. The summed E-state index contributed by atoms with van der Waals surface area (Å²) < 4.78 is 53.1. The van der Waals surface area contributed by atoms with Crippen LogP contribution in [0.5, 0.6) is 0 Å². The van der Waals surface area contributed by atoms with Gasteiger partial charge in [-0.2, -0.15) is 4.68 Å². The average Bonchev–Trinajstić information content (AvgIpc) is 3.43. The highest BCUT2D eigenvalue weighted by Gasteiger charge is 2.57. The largest absolute Gasteiger partial charge is 0.387 e. The second-order valence-electron chi connectivity index (χ2n) is 8.57. The Morgan fingerprint density at radius 2 is 1.97 bits per heavy atom. The quantitative estimate of drug-likeness (QED) is 0.242. The van der Waals surface area contributed by atoms with Crippen molar-refractivity contribution < 1.29 is 42.1 Å². The summed E-state index contributed by atoms with van der Waals surface area (Å²) in [7, 11) is -10.9. The Balaban J connectivity index is 1.62. The van der Waals surface area contributed by atoms with E-state index in [1.807, 2.05) is 0 Å². The number of aliphatic hydroxyl groups is 2. The first-order valence-corrected chi connectivity index (χ1v) is 14.0. The van der Waals surface area contributed by atoms with Crippen LogP contribution in [0.1, 0.15) is 38.8 Å². The number of fused-ring (bicyclic) bond motifs is 1. The maximum atomic E-state index is 14.5. The Labute approximate surface area is 198 Å². The van der Waals surface area contributed by atoms with E-state index in [-0.39, 0.29) is 23.8 Å². The summed E-state index contributed by atoms with van der Waals surface area (Å²) >= 11 is 6.15. The molecule has 3 heterocycles. The molecule has 5 N–H and O–H groups in total. The molecule has 2 fully saturated rings. The number of hydrogen-bond acceptors (Lipinski definition) is 10. The van der Waals surface area contributed by atoms with Crippen molar-refractivity contribution in [2.24, 2.45) is 0 Å². The van der Waals surface area contributed by atoms with Crippen molar-refractivity contribution in [3.05, 3.63) is 11.2 Å². The molecule has 0 aromatic carbocycles. The lowest BCUT2D eigenvalue weighted by molar-refractivity contribution is -0.0376. The van der Waals surface area contributed by atoms with Crippen molar-refractivity contribution in [2.75, 3.05) is 11.1 Å². The summed E-state index contributed by atoms with van der Waals surface area (Å²) in [6.45, 7) is 0.230. The van der Waals surface area contributed by atoms with Crippen molar-refractivity contribution in [3.8, 4) is 0 Å². The molecule has 4 rings (SSSR count). The number of nitrogens with zero attached hydrogens (tertiary/aromatic N) is 4. The van der Waals surface area contributed by atoms with E-state index in [4.69, 9.17) is 26.1 Å². The third-order valence-electron chi connectivity index (χ3n) is 6.17. The normalized spacial score (nSPS) is 28.4. The fourth-order valence-electron chi connectivity index (χ4n) is 4.08. The maximum absolute atomic E-state index is 14.5. The van der Waals surface area contributed by atoms with Crippen LogP contribution in [-0.2, 0) is 19.1 Å². The highest BCUT2D eigenvalue weighted by Crippen LogP contribution is 2.55. The molecule has 1 saturated carbocycles. The van der Waals surface area contributed by atoms with E-state index < -0.39 is 52.5 Å². The fraction of sp³-hybridized carbons (Fsp3) is 0.706. The number of hydrogen-bond donors (Lipinski definition) is 5. The van der Waals surface area contributed by atoms with E-state index in [2.05, 4.69) is 20.6 Å². The van der Waals surface area contributed by atoms with Gasteiger partial charge in [0.25, 0.3) is 0 Å². The fourth-order valence-corrected chi connectivity index (χ4v) is 6.95. The van der Waals surface area contributed by atoms with E-state index in [1.54, 1.807) is 6.07 Å². The van der Waals surface area contributed by atoms with Crippen molar-refractivity contribution in [2.45, 2.75) is 67.9 Å². The first-order chi connectivity index (χ1) is 15.7. The second kappa shape index (κ2) is 8.89. The van der Waals surface area contributed by atoms with Crippen LogP contribution in [0, 0.1) is 0 Å². The zero-order valence-electron chi connectivity index (χ0n) is 17.8. The van der Waals surface area contributed by atoms with Crippen LogP contribution in [0.2, 0.25) is 5.15 Å². The number of sulfone groups is 1. The number of rotatable bonds is 7. The summed E-state index contributed by atoms with van der Waals surface area (Å²) in [4.78, 5) is 22.4. The lowest BCUT2D eigenvalue weighted by atomic mass is 10.1. The van der Waals surface area contributed by atoms with Gasteiger partial charge in [0.05, 0.1) is 11.4 Å². The molecule has 2 aromatic rings. The van der Waals surface area contributed by atoms with E-state index in [9.17, 15) is 27.6 Å². The first-order valence-electron chi connectivity index (χ1n) is 10.4. The number of aromatic nitrogens is 4. The predicted octanol–water partition coefficient (Wildman–Crippen LogP) is 0.689. The zero-order chi connectivity index (χ0) is 25.1. The minimum atomic E-state index is -5.72. The Kier molecular flexibility index (Phi) is 6.70. The van der Waals surface area contributed by atoms with Gasteiger partial charge in [0.2, 0.25) is 0 Å². The van der Waals surface area contributed by atoms with E-state index >= 15 is 0 Å². The number of anilines is 1. The van der Waals surface area contributed by atoms with Crippen LogP contribution >= 0.6 is 19.2 Å². The summed E-state index contributed by atoms with van der Waals surface area (Å²) in [5.41, 5.74) is 0.934. The van der Waals surface area contributed by atoms with Gasteiger partial charge in [-0.15, -0.1) is 5.10 Å². The third-order valence-corrected chi connectivity index (χ3v) is 10.9. The molecule has 2 aromatic heterocycles. The van der Waals surface area contributed by atoms with Crippen molar-refractivity contribution in [1.82, 2.24) is 20.0 Å². The molecule has 1 aliphatic heterocycles. The van der Waals surface area contributed by atoms with E-state index in [0.717, 1.165) is 30.4 Å². The number of ether oxygens (including phenoxy) is 1. The lowest BCUT2D eigenvalue weighted by Crippen LogP contribution is -2.41. The second-order valence-corrected chi connectivity index (χ2v) is 13.5. The molecule has 1 unspecified atom stereocenters. The number of pyridine rings is 1. The molecule has 1 saturated heterocycles. The standard InChI is InChI=1S/C17H24ClFN5O8PS/c1-17(19,33(27,28)29)34(30,31)7-10-13(25)14(26)16(32-10)24-15-12(22-23-24)9(6-11(18)21-15)20-8-4-2-3-5-8/h6,8,10,13-14,16,25-26H,2-5,7H2,1H3,(H,20,21)(H2,27,28,29)/t10-,13-,14-,16-,17?/m1/s1. The van der Waals surface area contributed by atoms with Crippen molar-refractivity contribution in [1.29, 1.82) is 0 Å². The number of nitrogens with one attached hydrogen (secondary N) is 1. The lowest BCUT2D eigenvalue weighted by Gasteiger charge is -2.24. The van der Waals surface area contributed by atoms with Gasteiger partial charge >= 0.3 is 12.3 Å². The van der Waals surface area contributed by atoms with Crippen LogP contribution in [-0.4, -0.2) is 83.2 Å². The number of halogens is 2. The van der Waals surface area contributed by atoms with Gasteiger partial charge in [-0.05, 0) is 19.8 Å². The Morgan fingerprint density at radius 3 is 2.59 bits per heavy atom. The van der Waals surface area contributed by atoms with Crippen molar-refractivity contribution >= 4 is 45.9 Å². The highest BCUT2D eigenvalue weighted by atomic mass is 35.5. The van der Waals surface area contributed by atoms with Crippen LogP contribution in [0.3, 0.4) is 0 Å². The number of aliphatic hydroxyl groups excluding tert-OH is 2. The molecule has 13 nitrogen and oxygen atoms in total. The Bertz CT molecular complexity index is 1230. The van der Waals surface area contributed by atoms with Gasteiger partial charge in [-0.1, -0.05) is 29.7 Å². The molecule has 17 heteroatoms. The van der Waals surface area contributed by atoms with Gasteiger partial charge in [0, 0.05) is 12.1 Å². The smallest absolute Gasteiger partial charge is 0.377 e. The molecule has 0 radical (unpaired) electrons. The molecule has 34 heavy (non-hydrogen) atoms. The molecule has 1 aliphatic carbocycles. The van der Waals surface area contributed by atoms with Gasteiger partial charge in [-0.3, -0.25) is 4.57 Å². The third kappa shape index (κ3) is 4.44. The van der Waals surface area contributed by atoms with E-state index in [1.165, 1.54) is 0 Å². The zero-order valence-corrected chi connectivity index (χ0v) is 20.3. The average molecular weight is 544 g/mol. The highest BCUT2D eigenvalue weighted by molar-refractivity contribution is 7.99. The van der Waals surface area contributed by atoms with Crippen molar-refractivity contribution in [3.63, 3.8) is 0 Å². The molecular formula is C17H24ClFN5O8PS. The molecule has 0 spiro atoms. The first kappa shape index (κ1) is 25.6. The number of alkyl halides is 1. The molecule has 0 amide bonds. The van der Waals surface area contributed by atoms with Gasteiger partial charge in [-0.25, -0.2) is 17.8 Å². The van der Waals surface area contributed by atoms with Gasteiger partial charge < -0.3 is 30.1 Å². The minimum absolute atomic E-state index is 0.0818. The molecule has 190 valence electrons. The van der Waals surface area contributed by atoms with Crippen LogP contribution in [0.4, 0.5) is 10.1 Å². The summed E-state index contributed by atoms with van der Waals surface area (Å²) in [6, 6.07) is 1.78. The molecular weight excluding hydrogens is 520 g/mol. The monoisotopic (exact) mass is 543 g/mol. The molecule has 0 bridgehead atoms. The Morgan fingerprint density at radius 1 is 1.32 bits per heavy atom. The van der Waals surface area contributed by atoms with E-state index in [0.29, 0.717) is 11.2 Å². The predicted molar refractivity (Wildman–Crippen MR) is 117 cm³/mol. The summed E-state index contributed by atoms with van der Waals surface area (Å²) in [5.74, 6) is -1.31. The molecule has 5 atom stereocenters. The van der Waals surface area contributed by atoms with Gasteiger partial charge in [0.1, 0.15) is 23.5 Å². The van der Waals surface area contributed by atoms with Gasteiger partial charge in [0.15, 0.2) is 27.2 Å². The topological polar surface area (TPSA) is 197 Å².